The molecule has 0 unspecified atom stereocenters. The molecule has 0 saturated heterocycles. The normalized spacial score (nSPS) is 10.9. The summed E-state index contributed by atoms with van der Waals surface area (Å²) in [7, 11) is 0. The Labute approximate surface area is 131 Å². The minimum absolute atomic E-state index is 1.32. The quantitative estimate of drug-likeness (QED) is 0.518. The number of thiophene rings is 1. The molecule has 106 valence electrons. The van der Waals surface area contributed by atoms with Gasteiger partial charge < -0.3 is 0 Å². The Morgan fingerprint density at radius 1 is 0.714 bits per heavy atom. The van der Waals surface area contributed by atoms with E-state index in [1.54, 1.807) is 0 Å². The van der Waals surface area contributed by atoms with E-state index in [4.69, 9.17) is 0 Å². The Kier molecular flexibility index (Phi) is 3.69. The van der Waals surface area contributed by atoms with Crippen molar-refractivity contribution in [2.24, 2.45) is 0 Å². The van der Waals surface area contributed by atoms with E-state index in [1.807, 2.05) is 11.3 Å². The van der Waals surface area contributed by atoms with Gasteiger partial charge in [-0.2, -0.15) is 0 Å². The van der Waals surface area contributed by atoms with E-state index in [0.29, 0.717) is 0 Å². The first kappa shape index (κ1) is 14.1. The van der Waals surface area contributed by atoms with Gasteiger partial charge in [0.05, 0.1) is 0 Å². The second-order valence-corrected chi connectivity index (χ2v) is 6.79. The van der Waals surface area contributed by atoms with Crippen molar-refractivity contribution in [1.29, 1.82) is 0 Å². The van der Waals surface area contributed by atoms with Crippen molar-refractivity contribution in [2.75, 3.05) is 0 Å². The van der Waals surface area contributed by atoms with Gasteiger partial charge in [-0.3, -0.25) is 0 Å². The maximum absolute atomic E-state index is 2.32. The van der Waals surface area contributed by atoms with Crippen molar-refractivity contribution < 1.29 is 0 Å². The van der Waals surface area contributed by atoms with Crippen LogP contribution in [0.2, 0.25) is 0 Å². The fraction of sp³-hybridized carbons (Fsp3) is 0.200. The van der Waals surface area contributed by atoms with Crippen LogP contribution in [-0.2, 0) is 0 Å². The molecule has 0 bridgehead atoms. The highest BCUT2D eigenvalue weighted by Gasteiger charge is 2.10. The lowest BCUT2D eigenvalue weighted by atomic mass is 9.93. The molecule has 0 N–H and O–H groups in total. The lowest BCUT2D eigenvalue weighted by molar-refractivity contribution is 1.36. The SMILES string of the molecule is Cc1cc(C)cc(-c2cc(C)c(-c3cccs3)c(C)c2)c1. The molecule has 3 rings (SSSR count). The Balaban J connectivity index is 2.14. The smallest absolute Gasteiger partial charge is 0.0348 e. The van der Waals surface area contributed by atoms with Crippen LogP contribution < -0.4 is 0 Å². The second-order valence-electron chi connectivity index (χ2n) is 5.84. The lowest BCUT2D eigenvalue weighted by Crippen LogP contribution is -1.90. The van der Waals surface area contributed by atoms with Crippen LogP contribution in [0.5, 0.6) is 0 Å². The third-order valence-electron chi connectivity index (χ3n) is 3.86. The summed E-state index contributed by atoms with van der Waals surface area (Å²) in [6.07, 6.45) is 0. The Bertz CT molecular complexity index is 736. The molecule has 0 saturated carbocycles. The third kappa shape index (κ3) is 2.79. The number of benzene rings is 2. The summed E-state index contributed by atoms with van der Waals surface area (Å²) in [5.41, 5.74) is 9.37. The van der Waals surface area contributed by atoms with Crippen LogP contribution in [0, 0.1) is 27.7 Å². The highest BCUT2D eigenvalue weighted by atomic mass is 32.1. The summed E-state index contributed by atoms with van der Waals surface area (Å²) in [6.45, 7) is 8.76. The summed E-state index contributed by atoms with van der Waals surface area (Å²) in [5.74, 6) is 0. The van der Waals surface area contributed by atoms with E-state index in [1.165, 1.54) is 43.8 Å². The number of hydrogen-bond donors (Lipinski definition) is 0. The molecular formula is C20H20S. The molecule has 0 aliphatic rings. The Hall–Kier alpha value is -1.86. The summed E-state index contributed by atoms with van der Waals surface area (Å²) in [6, 6.07) is 15.7. The Morgan fingerprint density at radius 2 is 1.29 bits per heavy atom. The standard InChI is InChI=1S/C20H20S/c1-13-8-14(2)10-17(9-13)18-11-15(3)20(16(4)12-18)19-6-5-7-21-19/h5-12H,1-4H3. The van der Waals surface area contributed by atoms with Gasteiger partial charge in [-0.05, 0) is 67.0 Å². The molecule has 0 nitrogen and oxygen atoms in total. The molecule has 3 aromatic rings. The molecule has 1 aromatic heterocycles. The summed E-state index contributed by atoms with van der Waals surface area (Å²) < 4.78 is 0. The molecule has 0 aliphatic heterocycles. The largest absolute Gasteiger partial charge is 0.144 e. The summed E-state index contributed by atoms with van der Waals surface area (Å²) >= 11 is 1.81. The third-order valence-corrected chi connectivity index (χ3v) is 4.74. The van der Waals surface area contributed by atoms with Crippen molar-refractivity contribution in [3.05, 3.63) is 70.1 Å². The minimum Gasteiger partial charge on any atom is -0.144 e. The maximum Gasteiger partial charge on any atom is 0.0348 e. The first-order valence-electron chi connectivity index (χ1n) is 7.28. The van der Waals surface area contributed by atoms with Crippen molar-refractivity contribution in [3.63, 3.8) is 0 Å². The Morgan fingerprint density at radius 3 is 1.81 bits per heavy atom. The zero-order chi connectivity index (χ0) is 15.0. The average molecular weight is 292 g/mol. The van der Waals surface area contributed by atoms with E-state index < -0.39 is 0 Å². The summed E-state index contributed by atoms with van der Waals surface area (Å²) in [5, 5.41) is 2.14. The molecule has 21 heavy (non-hydrogen) atoms. The van der Waals surface area contributed by atoms with Crippen LogP contribution in [0.15, 0.2) is 47.8 Å². The van der Waals surface area contributed by atoms with Gasteiger partial charge in [0.2, 0.25) is 0 Å². The minimum atomic E-state index is 1.32. The van der Waals surface area contributed by atoms with E-state index in [9.17, 15) is 0 Å². The summed E-state index contributed by atoms with van der Waals surface area (Å²) in [4.78, 5) is 1.36. The van der Waals surface area contributed by atoms with Crippen LogP contribution in [0.1, 0.15) is 22.3 Å². The predicted molar refractivity (Wildman–Crippen MR) is 94.1 cm³/mol. The second kappa shape index (κ2) is 5.50. The zero-order valence-electron chi connectivity index (χ0n) is 13.0. The van der Waals surface area contributed by atoms with Crippen LogP contribution in [-0.4, -0.2) is 0 Å². The van der Waals surface area contributed by atoms with Gasteiger partial charge in [0.15, 0.2) is 0 Å². The van der Waals surface area contributed by atoms with E-state index in [2.05, 4.69) is 75.5 Å². The molecule has 1 heterocycles. The van der Waals surface area contributed by atoms with Gasteiger partial charge in [0.1, 0.15) is 0 Å². The predicted octanol–water partition coefficient (Wildman–Crippen LogP) is 6.32. The highest BCUT2D eigenvalue weighted by Crippen LogP contribution is 2.34. The first-order chi connectivity index (χ1) is 10.0. The molecule has 0 amide bonds. The van der Waals surface area contributed by atoms with Crippen LogP contribution in [0.3, 0.4) is 0 Å². The van der Waals surface area contributed by atoms with Gasteiger partial charge in [-0.15, -0.1) is 11.3 Å². The number of hydrogen-bond acceptors (Lipinski definition) is 1. The van der Waals surface area contributed by atoms with Crippen molar-refractivity contribution >= 4 is 11.3 Å². The maximum atomic E-state index is 2.32. The van der Waals surface area contributed by atoms with Crippen molar-refractivity contribution in [2.45, 2.75) is 27.7 Å². The fourth-order valence-electron chi connectivity index (χ4n) is 3.08. The lowest BCUT2D eigenvalue weighted by Gasteiger charge is -2.13. The highest BCUT2D eigenvalue weighted by molar-refractivity contribution is 7.13. The molecule has 0 radical (unpaired) electrons. The van der Waals surface area contributed by atoms with Gasteiger partial charge in [0.25, 0.3) is 0 Å². The van der Waals surface area contributed by atoms with Crippen molar-refractivity contribution in [3.8, 4) is 21.6 Å². The average Bonchev–Trinajstić information content (AvgIpc) is 2.90. The van der Waals surface area contributed by atoms with Crippen LogP contribution in [0.25, 0.3) is 21.6 Å². The zero-order valence-corrected chi connectivity index (χ0v) is 13.8. The molecule has 0 aliphatic carbocycles. The molecule has 0 fully saturated rings. The van der Waals surface area contributed by atoms with Gasteiger partial charge in [-0.25, -0.2) is 0 Å². The monoisotopic (exact) mass is 292 g/mol. The first-order valence-corrected chi connectivity index (χ1v) is 8.16. The van der Waals surface area contributed by atoms with Gasteiger partial charge >= 0.3 is 0 Å². The topological polar surface area (TPSA) is 0 Å². The molecule has 0 spiro atoms. The number of rotatable bonds is 2. The molecule has 2 aromatic carbocycles. The van der Waals surface area contributed by atoms with E-state index >= 15 is 0 Å². The van der Waals surface area contributed by atoms with Crippen LogP contribution >= 0.6 is 11.3 Å². The van der Waals surface area contributed by atoms with E-state index in [-0.39, 0.29) is 0 Å². The molecule has 0 atom stereocenters. The van der Waals surface area contributed by atoms with Crippen molar-refractivity contribution in [1.82, 2.24) is 0 Å². The van der Waals surface area contributed by atoms with E-state index in [0.717, 1.165) is 0 Å². The fourth-order valence-corrected chi connectivity index (χ4v) is 3.98. The number of aryl methyl sites for hydroxylation is 4. The van der Waals surface area contributed by atoms with Crippen LogP contribution in [0.4, 0.5) is 0 Å². The molecular weight excluding hydrogens is 272 g/mol. The molecule has 1 heteroatoms. The van der Waals surface area contributed by atoms with Gasteiger partial charge in [0, 0.05) is 4.88 Å². The van der Waals surface area contributed by atoms with Gasteiger partial charge in [-0.1, -0.05) is 47.5 Å².